The van der Waals surface area contributed by atoms with Crippen molar-refractivity contribution in [3.8, 4) is 0 Å². The second kappa shape index (κ2) is 9.23. The third-order valence-corrected chi connectivity index (χ3v) is 7.51. The van der Waals surface area contributed by atoms with Gasteiger partial charge in [0.1, 0.15) is 11.9 Å². The van der Waals surface area contributed by atoms with Gasteiger partial charge in [0, 0.05) is 16.4 Å². The molecule has 3 rings (SSSR count). The molecule has 0 aliphatic heterocycles. The van der Waals surface area contributed by atoms with E-state index in [9.17, 15) is 13.2 Å². The second-order valence-electron chi connectivity index (χ2n) is 5.95. The quantitative estimate of drug-likeness (QED) is 0.576. The Hall–Kier alpha value is -2.35. The lowest BCUT2D eigenvalue weighted by Gasteiger charge is -2.17. The predicted molar refractivity (Wildman–Crippen MR) is 110 cm³/mol. The summed E-state index contributed by atoms with van der Waals surface area (Å²) in [6, 6.07) is 18.7. The summed E-state index contributed by atoms with van der Waals surface area (Å²) in [5.41, 5.74) is 0.848. The molecule has 1 N–H and O–H groups in total. The largest absolute Gasteiger partial charge is 0.445 e. The van der Waals surface area contributed by atoms with Gasteiger partial charge in [-0.05, 0) is 41.3 Å². The molecule has 0 saturated heterocycles. The van der Waals surface area contributed by atoms with Crippen LogP contribution >= 0.6 is 22.9 Å². The molecule has 1 heterocycles. The van der Waals surface area contributed by atoms with Crippen molar-refractivity contribution in [2.24, 2.45) is 0 Å². The van der Waals surface area contributed by atoms with E-state index in [0.717, 1.165) is 5.56 Å². The summed E-state index contributed by atoms with van der Waals surface area (Å²) in [5, 5.41) is 3.90. The van der Waals surface area contributed by atoms with E-state index < -0.39 is 21.2 Å². The standard InChI is InChI=1S/C20H18ClNO4S2/c21-16-8-10-17(11-9-16)28(24,25)19(18-7-4-12-27-18)13-22-20(23)26-14-15-5-2-1-3-6-15/h1-12,19H,13-14H2,(H,22,23). The van der Waals surface area contributed by atoms with Crippen molar-refractivity contribution in [2.75, 3.05) is 6.54 Å². The molecule has 1 unspecified atom stereocenters. The van der Waals surface area contributed by atoms with Gasteiger partial charge < -0.3 is 10.1 Å². The molecule has 0 spiro atoms. The van der Waals surface area contributed by atoms with Crippen LogP contribution in [0.15, 0.2) is 77.0 Å². The molecule has 0 bridgehead atoms. The van der Waals surface area contributed by atoms with E-state index in [1.165, 1.54) is 35.6 Å². The highest BCUT2D eigenvalue weighted by atomic mass is 35.5. The minimum Gasteiger partial charge on any atom is -0.445 e. The third kappa shape index (κ3) is 5.13. The van der Waals surface area contributed by atoms with Gasteiger partial charge in [0.25, 0.3) is 0 Å². The Balaban J connectivity index is 1.71. The number of rotatable bonds is 7. The summed E-state index contributed by atoms with van der Waals surface area (Å²) < 4.78 is 31.4. The number of alkyl carbamates (subject to hydrolysis) is 1. The van der Waals surface area contributed by atoms with Crippen molar-refractivity contribution < 1.29 is 17.9 Å². The van der Waals surface area contributed by atoms with E-state index in [-0.39, 0.29) is 18.0 Å². The van der Waals surface area contributed by atoms with Crippen LogP contribution in [0, 0.1) is 0 Å². The summed E-state index contributed by atoms with van der Waals surface area (Å²) in [6.45, 7) is 0.0133. The number of thiophene rings is 1. The SMILES string of the molecule is O=C(NCC(c1cccs1)S(=O)(=O)c1ccc(Cl)cc1)OCc1ccccc1. The average molecular weight is 436 g/mol. The fourth-order valence-electron chi connectivity index (χ4n) is 2.58. The molecular formula is C20H18ClNO4S2. The average Bonchev–Trinajstić information content (AvgIpc) is 3.22. The molecule has 146 valence electrons. The normalized spacial score (nSPS) is 12.3. The maximum Gasteiger partial charge on any atom is 0.407 e. The molecule has 0 radical (unpaired) electrons. The maximum atomic E-state index is 13.1. The lowest BCUT2D eigenvalue weighted by Crippen LogP contribution is -2.32. The van der Waals surface area contributed by atoms with E-state index in [1.54, 1.807) is 17.5 Å². The van der Waals surface area contributed by atoms with E-state index in [1.807, 2.05) is 30.3 Å². The predicted octanol–water partition coefficient (Wildman–Crippen LogP) is 4.84. The van der Waals surface area contributed by atoms with Crippen LogP contribution in [0.3, 0.4) is 0 Å². The van der Waals surface area contributed by atoms with Crippen molar-refractivity contribution in [3.05, 3.63) is 87.6 Å². The number of halogens is 1. The summed E-state index contributed by atoms with van der Waals surface area (Å²) in [7, 11) is -3.72. The number of amides is 1. The van der Waals surface area contributed by atoms with Crippen LogP contribution in [0.1, 0.15) is 15.7 Å². The first-order valence-corrected chi connectivity index (χ1v) is 11.2. The number of hydrogen-bond donors (Lipinski definition) is 1. The molecule has 8 heteroatoms. The van der Waals surface area contributed by atoms with Crippen LogP contribution in [0.5, 0.6) is 0 Å². The molecule has 0 aliphatic rings. The fraction of sp³-hybridized carbons (Fsp3) is 0.150. The number of hydrogen-bond acceptors (Lipinski definition) is 5. The number of carbonyl (C=O) groups is 1. The summed E-state index contributed by atoms with van der Waals surface area (Å²) in [4.78, 5) is 12.8. The summed E-state index contributed by atoms with van der Waals surface area (Å²) in [6.07, 6.45) is -0.670. The van der Waals surface area contributed by atoms with E-state index in [4.69, 9.17) is 16.3 Å². The molecule has 3 aromatic rings. The van der Waals surface area contributed by atoms with Gasteiger partial charge in [-0.15, -0.1) is 11.3 Å². The second-order valence-corrected chi connectivity index (χ2v) is 9.49. The number of benzene rings is 2. The van der Waals surface area contributed by atoms with E-state index in [0.29, 0.717) is 9.90 Å². The van der Waals surface area contributed by atoms with Crippen LogP contribution in [0.4, 0.5) is 4.79 Å². The Morgan fingerprint density at radius 3 is 2.39 bits per heavy atom. The number of nitrogens with one attached hydrogen (secondary N) is 1. The fourth-order valence-corrected chi connectivity index (χ4v) is 5.49. The van der Waals surface area contributed by atoms with Crippen molar-refractivity contribution in [1.29, 1.82) is 0 Å². The van der Waals surface area contributed by atoms with Crippen LogP contribution < -0.4 is 5.32 Å². The van der Waals surface area contributed by atoms with Gasteiger partial charge in [0.05, 0.1) is 4.90 Å². The zero-order chi connectivity index (χ0) is 20.0. The van der Waals surface area contributed by atoms with E-state index in [2.05, 4.69) is 5.32 Å². The first-order chi connectivity index (χ1) is 13.5. The van der Waals surface area contributed by atoms with Crippen LogP contribution in [-0.2, 0) is 21.2 Å². The summed E-state index contributed by atoms with van der Waals surface area (Å²) in [5.74, 6) is 0. The minimum absolute atomic E-state index is 0.0981. The summed E-state index contributed by atoms with van der Waals surface area (Å²) >= 11 is 7.18. The van der Waals surface area contributed by atoms with Gasteiger partial charge in [0.2, 0.25) is 0 Å². The number of carbonyl (C=O) groups excluding carboxylic acids is 1. The molecule has 28 heavy (non-hydrogen) atoms. The van der Waals surface area contributed by atoms with E-state index >= 15 is 0 Å². The molecule has 0 saturated carbocycles. The van der Waals surface area contributed by atoms with Crippen LogP contribution in [0.25, 0.3) is 0 Å². The Morgan fingerprint density at radius 1 is 1.04 bits per heavy atom. The highest BCUT2D eigenvalue weighted by Crippen LogP contribution is 2.31. The van der Waals surface area contributed by atoms with Gasteiger partial charge in [-0.25, -0.2) is 13.2 Å². The molecule has 0 aliphatic carbocycles. The lowest BCUT2D eigenvalue weighted by molar-refractivity contribution is 0.139. The Kier molecular flexibility index (Phi) is 6.72. The molecule has 5 nitrogen and oxygen atoms in total. The third-order valence-electron chi connectivity index (χ3n) is 4.02. The van der Waals surface area contributed by atoms with Gasteiger partial charge in [-0.2, -0.15) is 0 Å². The topological polar surface area (TPSA) is 72.5 Å². The molecule has 1 atom stereocenters. The van der Waals surface area contributed by atoms with Crippen molar-refractivity contribution >= 4 is 38.9 Å². The Labute approximate surface area is 172 Å². The van der Waals surface area contributed by atoms with Crippen molar-refractivity contribution in [1.82, 2.24) is 5.32 Å². The van der Waals surface area contributed by atoms with Gasteiger partial charge >= 0.3 is 6.09 Å². The molecule has 1 amide bonds. The Morgan fingerprint density at radius 2 is 1.75 bits per heavy atom. The Bertz CT molecular complexity index is 1000. The number of sulfone groups is 1. The van der Waals surface area contributed by atoms with Crippen LogP contribution in [0.2, 0.25) is 5.02 Å². The zero-order valence-electron chi connectivity index (χ0n) is 14.7. The highest BCUT2D eigenvalue weighted by molar-refractivity contribution is 7.91. The number of ether oxygens (including phenoxy) is 1. The molecule has 2 aromatic carbocycles. The van der Waals surface area contributed by atoms with Gasteiger partial charge in [0.15, 0.2) is 9.84 Å². The zero-order valence-corrected chi connectivity index (χ0v) is 17.1. The smallest absolute Gasteiger partial charge is 0.407 e. The molecule has 0 fully saturated rings. The first-order valence-electron chi connectivity index (χ1n) is 8.44. The highest BCUT2D eigenvalue weighted by Gasteiger charge is 2.30. The van der Waals surface area contributed by atoms with Crippen molar-refractivity contribution in [3.63, 3.8) is 0 Å². The monoisotopic (exact) mass is 435 g/mol. The maximum absolute atomic E-state index is 13.1. The van der Waals surface area contributed by atoms with Gasteiger partial charge in [-0.3, -0.25) is 0 Å². The molecule has 1 aromatic heterocycles. The lowest BCUT2D eigenvalue weighted by atomic mass is 10.2. The van der Waals surface area contributed by atoms with Crippen LogP contribution in [-0.4, -0.2) is 21.1 Å². The minimum atomic E-state index is -3.72. The first kappa shape index (κ1) is 20.4. The van der Waals surface area contributed by atoms with Gasteiger partial charge in [-0.1, -0.05) is 48.0 Å². The molecular weight excluding hydrogens is 418 g/mol. The van der Waals surface area contributed by atoms with Crippen molar-refractivity contribution in [2.45, 2.75) is 16.8 Å².